The second-order valence-corrected chi connectivity index (χ2v) is 11.4. The number of sulfonamides is 1. The fraction of sp³-hybridized carbons (Fsp3) is 0.562. The van der Waals surface area contributed by atoms with Crippen molar-refractivity contribution in [2.75, 3.05) is 24.6 Å². The van der Waals surface area contributed by atoms with Crippen molar-refractivity contribution in [1.29, 1.82) is 0 Å². The summed E-state index contributed by atoms with van der Waals surface area (Å²) >= 11 is 5.81. The van der Waals surface area contributed by atoms with Crippen LogP contribution in [0.1, 0.15) is 19.3 Å². The fourth-order valence-corrected chi connectivity index (χ4v) is 6.68. The first-order valence-electron chi connectivity index (χ1n) is 8.44. The summed E-state index contributed by atoms with van der Waals surface area (Å²) in [6.07, 6.45) is 1.57. The van der Waals surface area contributed by atoms with Gasteiger partial charge in [0.1, 0.15) is 0 Å². The third-order valence-electron chi connectivity index (χ3n) is 4.79. The first kappa shape index (κ1) is 19.6. The molecule has 0 unspecified atom stereocenters. The Morgan fingerprint density at radius 2 is 1.88 bits per heavy atom. The normalized spacial score (nSPS) is 26.5. The Hall–Kier alpha value is -1.16. The van der Waals surface area contributed by atoms with E-state index in [0.29, 0.717) is 30.8 Å². The van der Waals surface area contributed by atoms with E-state index in [0.717, 1.165) is 0 Å². The molecule has 2 saturated heterocycles. The molecule has 1 N–H and O–H groups in total. The first-order chi connectivity index (χ1) is 12.2. The van der Waals surface area contributed by atoms with E-state index in [4.69, 9.17) is 11.6 Å². The lowest BCUT2D eigenvalue weighted by Gasteiger charge is -2.31. The van der Waals surface area contributed by atoms with Gasteiger partial charge in [-0.15, -0.1) is 0 Å². The van der Waals surface area contributed by atoms with Crippen molar-refractivity contribution in [2.45, 2.75) is 30.2 Å². The van der Waals surface area contributed by atoms with Crippen molar-refractivity contribution in [3.8, 4) is 0 Å². The molecule has 2 atom stereocenters. The SMILES string of the molecule is O=C(N[C@@H]1CCS(=O)(=O)C1)[C@@H]1CCCN(S(=O)(=O)c2ccc(Cl)cc2)C1. The number of nitrogens with zero attached hydrogens (tertiary/aromatic N) is 1. The average Bonchev–Trinajstić information content (AvgIpc) is 2.94. The van der Waals surface area contributed by atoms with E-state index < -0.39 is 25.8 Å². The summed E-state index contributed by atoms with van der Waals surface area (Å²) in [6.45, 7) is 0.447. The highest BCUT2D eigenvalue weighted by Crippen LogP contribution is 2.25. The van der Waals surface area contributed by atoms with Gasteiger partial charge in [0.15, 0.2) is 9.84 Å². The molecule has 144 valence electrons. The highest BCUT2D eigenvalue weighted by molar-refractivity contribution is 7.91. The molecule has 0 saturated carbocycles. The van der Waals surface area contributed by atoms with Crippen molar-refractivity contribution in [2.24, 2.45) is 5.92 Å². The number of nitrogens with one attached hydrogen (secondary N) is 1. The Morgan fingerprint density at radius 3 is 2.50 bits per heavy atom. The maximum Gasteiger partial charge on any atom is 0.243 e. The predicted octanol–water partition coefficient (Wildman–Crippen LogP) is 1.04. The Labute approximate surface area is 158 Å². The summed E-state index contributed by atoms with van der Waals surface area (Å²) in [5.41, 5.74) is 0. The van der Waals surface area contributed by atoms with E-state index in [1.165, 1.54) is 28.6 Å². The number of halogens is 1. The Kier molecular flexibility index (Phi) is 5.62. The smallest absolute Gasteiger partial charge is 0.243 e. The summed E-state index contributed by atoms with van der Waals surface area (Å²) < 4.78 is 49.9. The summed E-state index contributed by atoms with van der Waals surface area (Å²) in [7, 11) is -6.77. The summed E-state index contributed by atoms with van der Waals surface area (Å²) in [5, 5.41) is 3.22. The molecule has 1 amide bonds. The van der Waals surface area contributed by atoms with Crippen LogP contribution in [-0.4, -0.2) is 57.7 Å². The van der Waals surface area contributed by atoms with E-state index in [1.54, 1.807) is 0 Å². The van der Waals surface area contributed by atoms with Crippen LogP contribution in [-0.2, 0) is 24.7 Å². The van der Waals surface area contributed by atoms with Crippen LogP contribution < -0.4 is 5.32 Å². The quantitative estimate of drug-likeness (QED) is 0.784. The average molecular weight is 421 g/mol. The van der Waals surface area contributed by atoms with E-state index in [9.17, 15) is 21.6 Å². The molecule has 0 bridgehead atoms. The first-order valence-corrected chi connectivity index (χ1v) is 12.1. The zero-order chi connectivity index (χ0) is 18.9. The Morgan fingerprint density at radius 1 is 1.19 bits per heavy atom. The molecule has 0 radical (unpaired) electrons. The van der Waals surface area contributed by atoms with Crippen LogP contribution in [0.3, 0.4) is 0 Å². The maximum absolute atomic E-state index is 12.8. The highest BCUT2D eigenvalue weighted by Gasteiger charge is 2.35. The third kappa shape index (κ3) is 4.39. The second-order valence-electron chi connectivity index (χ2n) is 6.76. The lowest BCUT2D eigenvalue weighted by Crippen LogP contribution is -2.47. The van der Waals surface area contributed by atoms with Gasteiger partial charge in [0.05, 0.1) is 22.3 Å². The molecular formula is C16H21ClN2O5S2. The van der Waals surface area contributed by atoms with Gasteiger partial charge in [0.2, 0.25) is 15.9 Å². The Bertz CT molecular complexity index is 884. The van der Waals surface area contributed by atoms with Gasteiger partial charge in [-0.05, 0) is 43.5 Å². The molecule has 3 rings (SSSR count). The lowest BCUT2D eigenvalue weighted by atomic mass is 9.98. The molecule has 1 aromatic carbocycles. The van der Waals surface area contributed by atoms with E-state index in [1.807, 2.05) is 0 Å². The van der Waals surface area contributed by atoms with E-state index in [-0.39, 0.29) is 34.9 Å². The van der Waals surface area contributed by atoms with Gasteiger partial charge in [-0.1, -0.05) is 11.6 Å². The molecule has 26 heavy (non-hydrogen) atoms. The van der Waals surface area contributed by atoms with Crippen molar-refractivity contribution in [3.63, 3.8) is 0 Å². The number of rotatable bonds is 4. The minimum Gasteiger partial charge on any atom is -0.352 e. The molecule has 2 heterocycles. The lowest BCUT2D eigenvalue weighted by molar-refractivity contribution is -0.126. The van der Waals surface area contributed by atoms with Crippen LogP contribution >= 0.6 is 11.6 Å². The molecule has 2 fully saturated rings. The molecule has 10 heteroatoms. The monoisotopic (exact) mass is 420 g/mol. The number of hydrogen-bond acceptors (Lipinski definition) is 5. The summed E-state index contributed by atoms with van der Waals surface area (Å²) in [6, 6.07) is 5.55. The molecule has 2 aliphatic rings. The number of hydrogen-bond donors (Lipinski definition) is 1. The van der Waals surface area contributed by atoms with Crippen molar-refractivity contribution in [3.05, 3.63) is 29.3 Å². The highest BCUT2D eigenvalue weighted by atomic mass is 35.5. The minimum atomic E-state index is -3.69. The number of piperidine rings is 1. The van der Waals surface area contributed by atoms with Gasteiger partial charge in [0, 0.05) is 24.2 Å². The molecule has 0 aliphatic carbocycles. The molecule has 2 aliphatic heterocycles. The van der Waals surface area contributed by atoms with Gasteiger partial charge in [-0.25, -0.2) is 16.8 Å². The number of sulfone groups is 1. The van der Waals surface area contributed by atoms with Gasteiger partial charge in [0.25, 0.3) is 0 Å². The largest absolute Gasteiger partial charge is 0.352 e. The Balaban J connectivity index is 1.67. The van der Waals surface area contributed by atoms with Gasteiger partial charge >= 0.3 is 0 Å². The standard InChI is InChI=1S/C16H21ClN2O5S2/c17-13-3-5-15(6-4-13)26(23,24)19-8-1-2-12(10-19)16(20)18-14-7-9-25(21,22)11-14/h3-6,12,14H,1-2,7-11H2,(H,18,20)/t12-,14-/m1/s1. The fourth-order valence-electron chi connectivity index (χ4n) is 3.36. The van der Waals surface area contributed by atoms with Crippen LogP contribution in [0.2, 0.25) is 5.02 Å². The maximum atomic E-state index is 12.8. The summed E-state index contributed by atoms with van der Waals surface area (Å²) in [4.78, 5) is 12.6. The summed E-state index contributed by atoms with van der Waals surface area (Å²) in [5.74, 6) is -0.713. The molecule has 7 nitrogen and oxygen atoms in total. The van der Waals surface area contributed by atoms with Gasteiger partial charge < -0.3 is 5.32 Å². The van der Waals surface area contributed by atoms with E-state index >= 15 is 0 Å². The molecule has 1 aromatic rings. The van der Waals surface area contributed by atoms with Gasteiger partial charge in [-0.3, -0.25) is 4.79 Å². The van der Waals surface area contributed by atoms with Crippen molar-refractivity contribution >= 4 is 37.4 Å². The van der Waals surface area contributed by atoms with E-state index in [2.05, 4.69) is 5.32 Å². The molecule has 0 spiro atoms. The third-order valence-corrected chi connectivity index (χ3v) is 8.68. The predicted molar refractivity (Wildman–Crippen MR) is 98.1 cm³/mol. The molecule has 0 aromatic heterocycles. The number of carbonyl (C=O) groups is 1. The van der Waals surface area contributed by atoms with Crippen LogP contribution in [0, 0.1) is 5.92 Å². The topological polar surface area (TPSA) is 101 Å². The van der Waals surface area contributed by atoms with Crippen LogP contribution in [0.25, 0.3) is 0 Å². The number of amides is 1. The minimum absolute atomic E-state index is 0.0434. The zero-order valence-electron chi connectivity index (χ0n) is 14.1. The zero-order valence-corrected chi connectivity index (χ0v) is 16.5. The van der Waals surface area contributed by atoms with Crippen LogP contribution in [0.4, 0.5) is 0 Å². The van der Waals surface area contributed by atoms with Crippen molar-refractivity contribution in [1.82, 2.24) is 9.62 Å². The second kappa shape index (κ2) is 7.46. The van der Waals surface area contributed by atoms with Crippen molar-refractivity contribution < 1.29 is 21.6 Å². The van der Waals surface area contributed by atoms with Crippen LogP contribution in [0.5, 0.6) is 0 Å². The van der Waals surface area contributed by atoms with Crippen LogP contribution in [0.15, 0.2) is 29.2 Å². The molecular weight excluding hydrogens is 400 g/mol. The number of carbonyl (C=O) groups excluding carboxylic acids is 1. The van der Waals surface area contributed by atoms with Gasteiger partial charge in [-0.2, -0.15) is 4.31 Å². The number of benzene rings is 1.